The zero-order valence-corrected chi connectivity index (χ0v) is 19.5. The summed E-state index contributed by atoms with van der Waals surface area (Å²) in [7, 11) is 1.67. The summed E-state index contributed by atoms with van der Waals surface area (Å²) in [6, 6.07) is 18.5. The second kappa shape index (κ2) is 9.38. The first-order valence-electron chi connectivity index (χ1n) is 11.1. The van der Waals surface area contributed by atoms with Crippen molar-refractivity contribution in [1.29, 1.82) is 0 Å². The molecule has 4 aromatic rings. The first kappa shape index (κ1) is 21.7. The Morgan fingerprint density at radius 2 is 1.82 bits per heavy atom. The second-order valence-electron chi connectivity index (χ2n) is 8.35. The van der Waals surface area contributed by atoms with E-state index in [0.717, 1.165) is 63.1 Å². The molecular weight excluding hydrogens is 434 g/mol. The van der Waals surface area contributed by atoms with Crippen molar-refractivity contribution in [3.05, 3.63) is 89.0 Å². The van der Waals surface area contributed by atoms with Crippen LogP contribution in [0.15, 0.2) is 67.0 Å². The number of methoxy groups -OCH3 is 1. The lowest BCUT2D eigenvalue weighted by atomic mass is 10.0. The summed E-state index contributed by atoms with van der Waals surface area (Å²) >= 11 is 6.46. The maximum absolute atomic E-state index is 6.46. The molecular formula is C27H26ClN3O2. The molecule has 0 saturated heterocycles. The van der Waals surface area contributed by atoms with Gasteiger partial charge >= 0.3 is 0 Å². The van der Waals surface area contributed by atoms with Gasteiger partial charge in [-0.1, -0.05) is 35.9 Å². The number of hydrogen-bond acceptors (Lipinski definition) is 4. The molecule has 5 rings (SSSR count). The Morgan fingerprint density at radius 3 is 2.55 bits per heavy atom. The summed E-state index contributed by atoms with van der Waals surface area (Å²) in [5.41, 5.74) is 6.36. The van der Waals surface area contributed by atoms with Gasteiger partial charge in [-0.3, -0.25) is 4.98 Å². The molecule has 33 heavy (non-hydrogen) atoms. The SMILES string of the molecule is COc1ccc(COCC2CCc3nc(-c4ccc(C)c(Cl)c4)c(-c4ccncc4)n32)cc1. The van der Waals surface area contributed by atoms with E-state index in [1.54, 1.807) is 7.11 Å². The normalized spacial score (nSPS) is 14.9. The van der Waals surface area contributed by atoms with Crippen LogP contribution in [0.25, 0.3) is 22.5 Å². The fourth-order valence-corrected chi connectivity index (χ4v) is 4.57. The lowest BCUT2D eigenvalue weighted by Gasteiger charge is -2.18. The molecule has 5 nitrogen and oxygen atoms in total. The molecule has 0 radical (unpaired) electrons. The first-order valence-corrected chi connectivity index (χ1v) is 11.5. The molecule has 0 bridgehead atoms. The maximum atomic E-state index is 6.46. The molecule has 2 aromatic heterocycles. The van der Waals surface area contributed by atoms with Gasteiger partial charge in [0, 0.05) is 35.0 Å². The molecule has 0 saturated carbocycles. The van der Waals surface area contributed by atoms with E-state index >= 15 is 0 Å². The van der Waals surface area contributed by atoms with Crippen LogP contribution in [0, 0.1) is 6.92 Å². The van der Waals surface area contributed by atoms with Crippen molar-refractivity contribution in [2.45, 2.75) is 32.4 Å². The molecule has 1 aliphatic rings. The molecule has 1 aliphatic heterocycles. The molecule has 0 N–H and O–H groups in total. The van der Waals surface area contributed by atoms with Crippen molar-refractivity contribution in [2.75, 3.05) is 13.7 Å². The standard InChI is InChI=1S/C27H26ClN3O2/c1-18-3-6-21(15-24(18)28)26-27(20-11-13-29-14-12-20)31-22(7-10-25(31)30-26)17-33-16-19-4-8-23(32-2)9-5-19/h3-6,8-9,11-15,22H,7,10,16-17H2,1-2H3. The van der Waals surface area contributed by atoms with Gasteiger partial charge in [0.15, 0.2) is 0 Å². The van der Waals surface area contributed by atoms with E-state index < -0.39 is 0 Å². The minimum Gasteiger partial charge on any atom is -0.497 e. The minimum atomic E-state index is 0.226. The lowest BCUT2D eigenvalue weighted by molar-refractivity contribution is 0.0925. The number of fused-ring (bicyclic) bond motifs is 1. The number of nitrogens with zero attached hydrogens (tertiary/aromatic N) is 3. The minimum absolute atomic E-state index is 0.226. The van der Waals surface area contributed by atoms with Crippen molar-refractivity contribution < 1.29 is 9.47 Å². The maximum Gasteiger partial charge on any atom is 0.118 e. The molecule has 6 heteroatoms. The Labute approximate surface area is 199 Å². The molecule has 0 spiro atoms. The highest BCUT2D eigenvalue weighted by molar-refractivity contribution is 6.31. The fraction of sp³-hybridized carbons (Fsp3) is 0.259. The number of ether oxygens (including phenoxy) is 2. The highest BCUT2D eigenvalue weighted by atomic mass is 35.5. The number of aromatic nitrogens is 3. The Balaban J connectivity index is 1.45. The van der Waals surface area contributed by atoms with Gasteiger partial charge in [-0.05, 0) is 54.8 Å². The van der Waals surface area contributed by atoms with Gasteiger partial charge in [-0.2, -0.15) is 0 Å². The first-order chi connectivity index (χ1) is 16.1. The molecule has 0 fully saturated rings. The fourth-order valence-electron chi connectivity index (χ4n) is 4.39. The van der Waals surface area contributed by atoms with Crippen LogP contribution < -0.4 is 4.74 Å². The van der Waals surface area contributed by atoms with Crippen LogP contribution in [0.3, 0.4) is 0 Å². The molecule has 2 aromatic carbocycles. The van der Waals surface area contributed by atoms with E-state index in [1.165, 1.54) is 0 Å². The number of benzene rings is 2. The van der Waals surface area contributed by atoms with Crippen LogP contribution >= 0.6 is 11.6 Å². The quantitative estimate of drug-likeness (QED) is 0.326. The topological polar surface area (TPSA) is 49.2 Å². The zero-order valence-electron chi connectivity index (χ0n) is 18.8. The summed E-state index contributed by atoms with van der Waals surface area (Å²) in [5.74, 6) is 1.94. The van der Waals surface area contributed by atoms with Crippen molar-refractivity contribution in [3.63, 3.8) is 0 Å². The largest absolute Gasteiger partial charge is 0.497 e. The van der Waals surface area contributed by atoms with Gasteiger partial charge < -0.3 is 14.0 Å². The number of hydrogen-bond donors (Lipinski definition) is 0. The van der Waals surface area contributed by atoms with E-state index in [2.05, 4.69) is 15.6 Å². The smallest absolute Gasteiger partial charge is 0.118 e. The van der Waals surface area contributed by atoms with Crippen molar-refractivity contribution >= 4 is 11.6 Å². The summed E-state index contributed by atoms with van der Waals surface area (Å²) in [4.78, 5) is 9.27. The van der Waals surface area contributed by atoms with Crippen LogP contribution in [0.5, 0.6) is 5.75 Å². The molecule has 0 amide bonds. The Morgan fingerprint density at radius 1 is 1.03 bits per heavy atom. The van der Waals surface area contributed by atoms with Crippen molar-refractivity contribution in [3.8, 4) is 28.3 Å². The van der Waals surface area contributed by atoms with Crippen molar-refractivity contribution in [2.24, 2.45) is 0 Å². The molecule has 168 valence electrons. The highest BCUT2D eigenvalue weighted by Crippen LogP contribution is 2.40. The van der Waals surface area contributed by atoms with Crippen LogP contribution in [-0.2, 0) is 17.8 Å². The van der Waals surface area contributed by atoms with Crippen LogP contribution in [0.1, 0.15) is 29.4 Å². The van der Waals surface area contributed by atoms with E-state index in [4.69, 9.17) is 26.1 Å². The third-order valence-electron chi connectivity index (χ3n) is 6.19. The zero-order chi connectivity index (χ0) is 22.8. The van der Waals surface area contributed by atoms with E-state index in [1.807, 2.05) is 67.8 Å². The van der Waals surface area contributed by atoms with E-state index in [0.29, 0.717) is 13.2 Å². The van der Waals surface area contributed by atoms with Crippen LogP contribution in [0.4, 0.5) is 0 Å². The monoisotopic (exact) mass is 459 g/mol. The molecule has 1 atom stereocenters. The van der Waals surface area contributed by atoms with Crippen LogP contribution in [0.2, 0.25) is 5.02 Å². The number of rotatable bonds is 7. The average Bonchev–Trinajstić information content (AvgIpc) is 3.42. The molecule has 3 heterocycles. The van der Waals surface area contributed by atoms with Crippen LogP contribution in [-0.4, -0.2) is 28.3 Å². The predicted octanol–water partition coefficient (Wildman–Crippen LogP) is 6.29. The molecule has 0 aliphatic carbocycles. The van der Waals surface area contributed by atoms with Gasteiger partial charge in [0.2, 0.25) is 0 Å². The Hall–Kier alpha value is -3.15. The predicted molar refractivity (Wildman–Crippen MR) is 131 cm³/mol. The number of pyridine rings is 1. The van der Waals surface area contributed by atoms with Crippen molar-refractivity contribution in [1.82, 2.24) is 14.5 Å². The van der Waals surface area contributed by atoms with Gasteiger partial charge in [0.25, 0.3) is 0 Å². The van der Waals surface area contributed by atoms with Gasteiger partial charge in [0.05, 0.1) is 37.8 Å². The summed E-state index contributed by atoms with van der Waals surface area (Å²) < 4.78 is 13.7. The second-order valence-corrected chi connectivity index (χ2v) is 8.76. The van der Waals surface area contributed by atoms with Gasteiger partial charge in [-0.15, -0.1) is 0 Å². The highest BCUT2D eigenvalue weighted by Gasteiger charge is 2.30. The number of imidazole rings is 1. The van der Waals surface area contributed by atoms with Gasteiger partial charge in [-0.25, -0.2) is 4.98 Å². The molecule has 1 unspecified atom stereocenters. The summed E-state index contributed by atoms with van der Waals surface area (Å²) in [5, 5.41) is 0.751. The number of aryl methyl sites for hydroxylation is 2. The Bertz CT molecular complexity index is 1250. The Kier molecular flexibility index (Phi) is 6.16. The third kappa shape index (κ3) is 4.39. The lowest BCUT2D eigenvalue weighted by Crippen LogP contribution is -2.13. The average molecular weight is 460 g/mol. The summed E-state index contributed by atoms with van der Waals surface area (Å²) in [6.45, 7) is 3.20. The number of halogens is 1. The third-order valence-corrected chi connectivity index (χ3v) is 6.59. The van der Waals surface area contributed by atoms with E-state index in [-0.39, 0.29) is 6.04 Å². The van der Waals surface area contributed by atoms with Gasteiger partial charge in [0.1, 0.15) is 11.6 Å². The van der Waals surface area contributed by atoms with E-state index in [9.17, 15) is 0 Å². The summed E-state index contributed by atoms with van der Waals surface area (Å²) in [6.07, 6.45) is 5.59.